The molecule has 0 aliphatic carbocycles. The first-order valence-corrected chi connectivity index (χ1v) is 6.80. The summed E-state index contributed by atoms with van der Waals surface area (Å²) in [6, 6.07) is 2.80. The predicted molar refractivity (Wildman–Crippen MR) is 79.4 cm³/mol. The van der Waals surface area contributed by atoms with Crippen LogP contribution in [-0.4, -0.2) is 39.5 Å². The Hall–Kier alpha value is -2.11. The van der Waals surface area contributed by atoms with E-state index in [1.807, 2.05) is 13.8 Å². The minimum absolute atomic E-state index is 0.200. The van der Waals surface area contributed by atoms with Gasteiger partial charge in [0.25, 0.3) is 5.91 Å². The maximum atomic E-state index is 12.4. The molecule has 0 atom stereocenters. The van der Waals surface area contributed by atoms with Gasteiger partial charge in [-0.05, 0) is 32.3 Å². The molecule has 2 N–H and O–H groups in total. The maximum Gasteiger partial charge on any atom is 0.329 e. The molecule has 0 unspecified atom stereocenters. The van der Waals surface area contributed by atoms with E-state index in [1.165, 1.54) is 27.0 Å². The van der Waals surface area contributed by atoms with E-state index in [4.69, 9.17) is 0 Å². The highest BCUT2D eigenvalue weighted by atomic mass is 16.4. The second-order valence-electron chi connectivity index (χ2n) is 6.08. The zero-order valence-electron chi connectivity index (χ0n) is 13.1. The summed E-state index contributed by atoms with van der Waals surface area (Å²) in [5.74, 6) is -1.26. The molecule has 6 nitrogen and oxygen atoms in total. The van der Waals surface area contributed by atoms with Gasteiger partial charge in [-0.1, -0.05) is 13.8 Å². The highest BCUT2D eigenvalue weighted by Gasteiger charge is 2.35. The first kappa shape index (κ1) is 16.9. The van der Waals surface area contributed by atoms with Crippen molar-refractivity contribution >= 4 is 11.9 Å². The van der Waals surface area contributed by atoms with Gasteiger partial charge in [0.15, 0.2) is 0 Å². The molecule has 0 aliphatic rings. The van der Waals surface area contributed by atoms with Crippen LogP contribution in [0.1, 0.15) is 43.7 Å². The standard InChI is InChI=1S/C15H22N2O4/c1-9(2)6-11-7-10(8-12(18)16-11)13(19)17(5)15(3,4)14(20)21/h7-9H,6H2,1-5H3,(H,16,18)(H,20,21). The first-order chi connectivity index (χ1) is 9.55. The predicted octanol–water partition coefficient (Wildman–Crippen LogP) is 1.51. The Morgan fingerprint density at radius 3 is 2.38 bits per heavy atom. The van der Waals surface area contributed by atoms with Crippen LogP contribution >= 0.6 is 0 Å². The number of aliphatic carboxylic acids is 1. The highest BCUT2D eigenvalue weighted by Crippen LogP contribution is 2.16. The lowest BCUT2D eigenvalue weighted by Crippen LogP contribution is -2.50. The van der Waals surface area contributed by atoms with E-state index in [0.29, 0.717) is 18.0 Å². The number of nitrogens with zero attached hydrogens (tertiary/aromatic N) is 1. The number of rotatable bonds is 5. The van der Waals surface area contributed by atoms with Gasteiger partial charge in [-0.15, -0.1) is 0 Å². The summed E-state index contributed by atoms with van der Waals surface area (Å²) in [4.78, 5) is 39.1. The molecule has 116 valence electrons. The highest BCUT2D eigenvalue weighted by molar-refractivity contribution is 5.97. The van der Waals surface area contributed by atoms with E-state index in [-0.39, 0.29) is 11.1 Å². The number of carboxylic acids is 1. The normalized spacial score (nSPS) is 11.5. The molecule has 0 fully saturated rings. The lowest BCUT2D eigenvalue weighted by Gasteiger charge is -2.31. The van der Waals surface area contributed by atoms with Gasteiger partial charge in [0.2, 0.25) is 5.56 Å². The molecule has 21 heavy (non-hydrogen) atoms. The number of amides is 1. The lowest BCUT2D eigenvalue weighted by atomic mass is 10.0. The minimum Gasteiger partial charge on any atom is -0.480 e. The fourth-order valence-electron chi connectivity index (χ4n) is 1.87. The van der Waals surface area contributed by atoms with Gasteiger partial charge in [0, 0.05) is 24.4 Å². The van der Waals surface area contributed by atoms with Crippen LogP contribution in [0.2, 0.25) is 0 Å². The molecular weight excluding hydrogens is 272 g/mol. The third kappa shape index (κ3) is 3.93. The zero-order chi connectivity index (χ0) is 16.4. The molecule has 0 bridgehead atoms. The van der Waals surface area contributed by atoms with Crippen LogP contribution in [0.25, 0.3) is 0 Å². The average molecular weight is 294 g/mol. The third-order valence-corrected chi connectivity index (χ3v) is 3.44. The number of hydrogen-bond acceptors (Lipinski definition) is 3. The number of likely N-dealkylation sites (N-methyl/N-ethyl adjacent to an activating group) is 1. The van der Waals surface area contributed by atoms with E-state index in [1.54, 1.807) is 6.07 Å². The van der Waals surface area contributed by atoms with Crippen LogP contribution < -0.4 is 5.56 Å². The Kier molecular flexibility index (Phi) is 4.93. The van der Waals surface area contributed by atoms with Crippen molar-refractivity contribution in [3.63, 3.8) is 0 Å². The SMILES string of the molecule is CC(C)Cc1cc(C(=O)N(C)C(C)(C)C(=O)O)cc(=O)[nH]1. The van der Waals surface area contributed by atoms with Gasteiger partial charge in [0.1, 0.15) is 5.54 Å². The van der Waals surface area contributed by atoms with Gasteiger partial charge in [-0.25, -0.2) is 4.79 Å². The van der Waals surface area contributed by atoms with Crippen LogP contribution in [0.3, 0.4) is 0 Å². The summed E-state index contributed by atoms with van der Waals surface area (Å²) in [6.07, 6.45) is 0.641. The molecule has 0 saturated carbocycles. The molecule has 6 heteroatoms. The summed E-state index contributed by atoms with van der Waals surface area (Å²) >= 11 is 0. The number of pyridine rings is 1. The molecule has 1 rings (SSSR count). The topological polar surface area (TPSA) is 90.5 Å². The smallest absolute Gasteiger partial charge is 0.329 e. The van der Waals surface area contributed by atoms with Gasteiger partial charge in [0.05, 0.1) is 0 Å². The molecule has 0 aromatic carbocycles. The van der Waals surface area contributed by atoms with Gasteiger partial charge in [-0.3, -0.25) is 9.59 Å². The third-order valence-electron chi connectivity index (χ3n) is 3.44. The van der Waals surface area contributed by atoms with Crippen molar-refractivity contribution in [2.24, 2.45) is 5.92 Å². The molecule has 1 aromatic heterocycles. The summed E-state index contributed by atoms with van der Waals surface area (Å²) in [7, 11) is 1.42. The number of hydrogen-bond donors (Lipinski definition) is 2. The quantitative estimate of drug-likeness (QED) is 0.861. The fourth-order valence-corrected chi connectivity index (χ4v) is 1.87. The summed E-state index contributed by atoms with van der Waals surface area (Å²) in [5.41, 5.74) is -0.843. The van der Waals surface area contributed by atoms with E-state index in [0.717, 1.165) is 4.90 Å². The minimum atomic E-state index is -1.35. The molecule has 1 heterocycles. The van der Waals surface area contributed by atoms with E-state index in [2.05, 4.69) is 4.98 Å². The van der Waals surface area contributed by atoms with Crippen LogP contribution in [0.15, 0.2) is 16.9 Å². The number of carbonyl (C=O) groups is 2. The van der Waals surface area contributed by atoms with Crippen LogP contribution in [-0.2, 0) is 11.2 Å². The number of nitrogens with one attached hydrogen (secondary N) is 1. The lowest BCUT2D eigenvalue weighted by molar-refractivity contribution is -0.147. The second kappa shape index (κ2) is 6.11. The Labute approximate surface area is 123 Å². The van der Waals surface area contributed by atoms with Crippen molar-refractivity contribution in [1.82, 2.24) is 9.88 Å². The molecule has 0 aliphatic heterocycles. The first-order valence-electron chi connectivity index (χ1n) is 6.80. The largest absolute Gasteiger partial charge is 0.480 e. The monoisotopic (exact) mass is 294 g/mol. The Bertz CT molecular complexity index is 602. The summed E-state index contributed by atoms with van der Waals surface area (Å²) < 4.78 is 0. The molecule has 1 aromatic rings. The van der Waals surface area contributed by atoms with Crippen molar-refractivity contribution < 1.29 is 14.7 Å². The average Bonchev–Trinajstić information content (AvgIpc) is 2.35. The van der Waals surface area contributed by atoms with Crippen LogP contribution in [0.5, 0.6) is 0 Å². The van der Waals surface area contributed by atoms with Gasteiger partial charge < -0.3 is 15.0 Å². The van der Waals surface area contributed by atoms with E-state index in [9.17, 15) is 19.5 Å². The Balaban J connectivity index is 3.16. The molecule has 0 radical (unpaired) electrons. The number of carbonyl (C=O) groups excluding carboxylic acids is 1. The Morgan fingerprint density at radius 2 is 1.90 bits per heavy atom. The van der Waals surface area contributed by atoms with Crippen LogP contribution in [0, 0.1) is 5.92 Å². The van der Waals surface area contributed by atoms with Crippen molar-refractivity contribution in [3.05, 3.63) is 33.7 Å². The fraction of sp³-hybridized carbons (Fsp3) is 0.533. The second-order valence-corrected chi connectivity index (χ2v) is 6.08. The molecular formula is C15H22N2O4. The molecule has 0 saturated heterocycles. The van der Waals surface area contributed by atoms with E-state index >= 15 is 0 Å². The van der Waals surface area contributed by atoms with Crippen molar-refractivity contribution in [2.45, 2.75) is 39.7 Å². The summed E-state index contributed by atoms with van der Waals surface area (Å²) in [5, 5.41) is 9.17. The Morgan fingerprint density at radius 1 is 1.33 bits per heavy atom. The number of H-pyrrole nitrogens is 1. The van der Waals surface area contributed by atoms with Crippen LogP contribution in [0.4, 0.5) is 0 Å². The van der Waals surface area contributed by atoms with Crippen molar-refractivity contribution in [3.8, 4) is 0 Å². The van der Waals surface area contributed by atoms with Gasteiger partial charge in [-0.2, -0.15) is 0 Å². The number of aromatic nitrogens is 1. The van der Waals surface area contributed by atoms with E-state index < -0.39 is 17.4 Å². The van der Waals surface area contributed by atoms with Crippen molar-refractivity contribution in [1.29, 1.82) is 0 Å². The number of carboxylic acid groups (broad SMARTS) is 1. The molecule has 0 spiro atoms. The molecule has 1 amide bonds. The van der Waals surface area contributed by atoms with Gasteiger partial charge >= 0.3 is 5.97 Å². The summed E-state index contributed by atoms with van der Waals surface area (Å²) in [6.45, 7) is 6.89. The van der Waals surface area contributed by atoms with Crippen molar-refractivity contribution in [2.75, 3.05) is 7.05 Å². The zero-order valence-corrected chi connectivity index (χ0v) is 13.1. The maximum absolute atomic E-state index is 12.4. The number of aromatic amines is 1.